The van der Waals surface area contributed by atoms with Crippen molar-refractivity contribution in [2.24, 2.45) is 0 Å². The Labute approximate surface area is 148 Å². The van der Waals surface area contributed by atoms with Crippen molar-refractivity contribution in [1.29, 1.82) is 0 Å². The predicted octanol–water partition coefficient (Wildman–Crippen LogP) is 3.52. The number of thiocarbonyl (C=S) groups is 1. The second kappa shape index (κ2) is 7.23. The van der Waals surface area contributed by atoms with E-state index in [-0.39, 0.29) is 0 Å². The first-order valence-electron chi connectivity index (χ1n) is 7.41. The second-order valence-electron chi connectivity index (χ2n) is 5.31. The van der Waals surface area contributed by atoms with E-state index >= 15 is 0 Å². The van der Waals surface area contributed by atoms with E-state index in [1.54, 1.807) is 6.08 Å². The van der Waals surface area contributed by atoms with Crippen LogP contribution in [0.25, 0.3) is 11.5 Å². The van der Waals surface area contributed by atoms with E-state index in [4.69, 9.17) is 16.6 Å². The molecule has 1 fully saturated rings. The van der Waals surface area contributed by atoms with Crippen molar-refractivity contribution in [3.63, 3.8) is 0 Å². The fourth-order valence-corrected chi connectivity index (χ4v) is 2.97. The van der Waals surface area contributed by atoms with Crippen LogP contribution in [-0.2, 0) is 6.54 Å². The van der Waals surface area contributed by atoms with Gasteiger partial charge in [-0.3, -0.25) is 0 Å². The fraction of sp³-hybridized carbons (Fsp3) is 0.312. The lowest BCUT2D eigenvalue weighted by atomic mass is 10.2. The molecule has 0 aliphatic heterocycles. The smallest absolute Gasteiger partial charge is 0.248 e. The number of nitrogens with one attached hydrogen (secondary N) is 1. The van der Waals surface area contributed by atoms with Gasteiger partial charge in [0, 0.05) is 17.1 Å². The summed E-state index contributed by atoms with van der Waals surface area (Å²) in [6.07, 6.45) is 4.07. The van der Waals surface area contributed by atoms with Gasteiger partial charge in [-0.2, -0.15) is 0 Å². The first kappa shape index (κ1) is 16.1. The highest BCUT2D eigenvalue weighted by Crippen LogP contribution is 2.30. The number of halogens is 1. The van der Waals surface area contributed by atoms with Gasteiger partial charge in [-0.05, 0) is 53.1 Å². The first-order valence-corrected chi connectivity index (χ1v) is 8.62. The summed E-state index contributed by atoms with van der Waals surface area (Å²) in [7, 11) is 0. The molecule has 1 aromatic carbocycles. The van der Waals surface area contributed by atoms with Crippen LogP contribution in [0.4, 0.5) is 0 Å². The third-order valence-electron chi connectivity index (χ3n) is 3.52. The molecule has 0 atom stereocenters. The van der Waals surface area contributed by atoms with Crippen LogP contribution < -0.4 is 5.32 Å². The first-order chi connectivity index (χ1) is 11.2. The van der Waals surface area contributed by atoms with Crippen LogP contribution in [0.3, 0.4) is 0 Å². The van der Waals surface area contributed by atoms with E-state index in [9.17, 15) is 0 Å². The van der Waals surface area contributed by atoms with Gasteiger partial charge >= 0.3 is 0 Å². The van der Waals surface area contributed by atoms with Crippen LogP contribution in [0.5, 0.6) is 0 Å². The summed E-state index contributed by atoms with van der Waals surface area (Å²) in [5, 5.41) is 12.2. The minimum atomic E-state index is 0.457. The Bertz CT molecular complexity index is 714. The molecule has 0 radical (unpaired) electrons. The third kappa shape index (κ3) is 3.97. The van der Waals surface area contributed by atoms with Gasteiger partial charge in [0.25, 0.3) is 0 Å². The van der Waals surface area contributed by atoms with Crippen LogP contribution in [0.2, 0.25) is 0 Å². The van der Waals surface area contributed by atoms with Crippen LogP contribution in [0.15, 0.2) is 45.8 Å². The molecule has 0 saturated heterocycles. The average molecular weight is 393 g/mol. The summed E-state index contributed by atoms with van der Waals surface area (Å²) in [6, 6.07) is 8.23. The number of hydrogen-bond acceptors (Lipinski definition) is 4. The molecule has 0 spiro atoms. The van der Waals surface area contributed by atoms with E-state index in [0.717, 1.165) is 22.9 Å². The van der Waals surface area contributed by atoms with Gasteiger partial charge in [0.15, 0.2) is 5.11 Å². The molecule has 1 aliphatic rings. The Kier molecular flexibility index (Phi) is 5.07. The maximum atomic E-state index is 5.81. The van der Waals surface area contributed by atoms with Crippen molar-refractivity contribution in [2.45, 2.75) is 25.4 Å². The van der Waals surface area contributed by atoms with Crippen LogP contribution in [0, 0.1) is 0 Å². The van der Waals surface area contributed by atoms with Gasteiger partial charge in [0.05, 0.1) is 12.1 Å². The summed E-state index contributed by atoms with van der Waals surface area (Å²) >= 11 is 8.95. The van der Waals surface area contributed by atoms with Gasteiger partial charge in [-0.1, -0.05) is 18.2 Å². The molecule has 23 heavy (non-hydrogen) atoms. The second-order valence-corrected chi connectivity index (χ2v) is 6.56. The Balaban J connectivity index is 1.73. The lowest BCUT2D eigenvalue weighted by Crippen LogP contribution is -2.40. The summed E-state index contributed by atoms with van der Waals surface area (Å²) in [5.41, 5.74) is 0.886. The van der Waals surface area contributed by atoms with Crippen LogP contribution in [0.1, 0.15) is 18.7 Å². The van der Waals surface area contributed by atoms with Gasteiger partial charge in [0.1, 0.15) is 0 Å². The highest BCUT2D eigenvalue weighted by atomic mass is 79.9. The molecular formula is C16H17BrN4OS. The van der Waals surface area contributed by atoms with Crippen molar-refractivity contribution in [1.82, 2.24) is 20.4 Å². The standard InChI is InChI=1S/C16H17BrN4OS/c1-2-9-18-16(23)21(11-7-8-11)10-14-19-20-15(22-14)12-5-3-4-6-13(12)17/h2-6,11H,1,7-10H2,(H,18,23). The summed E-state index contributed by atoms with van der Waals surface area (Å²) in [5.74, 6) is 1.07. The number of nitrogens with zero attached hydrogens (tertiary/aromatic N) is 3. The van der Waals surface area contributed by atoms with Gasteiger partial charge < -0.3 is 14.6 Å². The molecule has 5 nitrogen and oxygen atoms in total. The number of aromatic nitrogens is 2. The molecule has 1 aliphatic carbocycles. The normalized spacial score (nSPS) is 13.6. The Morgan fingerprint density at radius 1 is 1.43 bits per heavy atom. The van der Waals surface area contributed by atoms with E-state index in [1.807, 2.05) is 24.3 Å². The zero-order chi connectivity index (χ0) is 16.2. The maximum Gasteiger partial charge on any atom is 0.248 e. The minimum Gasteiger partial charge on any atom is -0.419 e. The Morgan fingerprint density at radius 3 is 2.91 bits per heavy atom. The summed E-state index contributed by atoms with van der Waals surface area (Å²) in [4.78, 5) is 2.11. The van der Waals surface area contributed by atoms with E-state index in [2.05, 4.69) is 42.9 Å². The molecule has 0 bridgehead atoms. The van der Waals surface area contributed by atoms with E-state index < -0.39 is 0 Å². The Morgan fingerprint density at radius 2 is 2.22 bits per heavy atom. The summed E-state index contributed by atoms with van der Waals surface area (Å²) in [6.45, 7) is 4.86. The molecule has 3 rings (SSSR count). The molecule has 120 valence electrons. The van der Waals surface area contributed by atoms with Crippen molar-refractivity contribution in [3.05, 3.63) is 47.3 Å². The monoisotopic (exact) mass is 392 g/mol. The van der Waals surface area contributed by atoms with Crippen LogP contribution in [-0.4, -0.2) is 32.8 Å². The third-order valence-corrected chi connectivity index (χ3v) is 4.59. The molecular weight excluding hydrogens is 376 g/mol. The van der Waals surface area contributed by atoms with Gasteiger partial charge in [-0.15, -0.1) is 16.8 Å². The average Bonchev–Trinajstić information content (AvgIpc) is 3.29. The van der Waals surface area contributed by atoms with Crippen molar-refractivity contribution in [3.8, 4) is 11.5 Å². The molecule has 1 aromatic heterocycles. The molecule has 1 N–H and O–H groups in total. The Hall–Kier alpha value is -1.73. The van der Waals surface area contributed by atoms with Crippen molar-refractivity contribution < 1.29 is 4.42 Å². The molecule has 0 amide bonds. The summed E-state index contributed by atoms with van der Waals surface area (Å²) < 4.78 is 6.74. The van der Waals surface area contributed by atoms with Gasteiger partial charge in [-0.25, -0.2) is 0 Å². The number of hydrogen-bond donors (Lipinski definition) is 1. The van der Waals surface area contributed by atoms with Crippen molar-refractivity contribution >= 4 is 33.3 Å². The maximum absolute atomic E-state index is 5.81. The van der Waals surface area contributed by atoms with Crippen LogP contribution >= 0.6 is 28.1 Å². The lowest BCUT2D eigenvalue weighted by Gasteiger charge is -2.23. The number of benzene rings is 1. The topological polar surface area (TPSA) is 54.2 Å². The predicted molar refractivity (Wildman–Crippen MR) is 96.8 cm³/mol. The number of rotatable bonds is 6. The SMILES string of the molecule is C=CCNC(=S)N(Cc1nnc(-c2ccccc2Br)o1)C1CC1. The lowest BCUT2D eigenvalue weighted by molar-refractivity contribution is 0.344. The molecule has 0 unspecified atom stereocenters. The molecule has 2 aromatic rings. The zero-order valence-corrected chi connectivity index (χ0v) is 14.9. The highest BCUT2D eigenvalue weighted by molar-refractivity contribution is 9.10. The molecule has 1 heterocycles. The van der Waals surface area contributed by atoms with E-state index in [0.29, 0.717) is 36.0 Å². The minimum absolute atomic E-state index is 0.457. The quantitative estimate of drug-likeness (QED) is 0.599. The zero-order valence-electron chi connectivity index (χ0n) is 12.5. The largest absolute Gasteiger partial charge is 0.419 e. The fourth-order valence-electron chi connectivity index (χ4n) is 2.22. The van der Waals surface area contributed by atoms with Gasteiger partial charge in [0.2, 0.25) is 11.8 Å². The molecule has 7 heteroatoms. The van der Waals surface area contributed by atoms with E-state index in [1.165, 1.54) is 0 Å². The highest BCUT2D eigenvalue weighted by Gasteiger charge is 2.32. The molecule has 1 saturated carbocycles. The van der Waals surface area contributed by atoms with Crippen molar-refractivity contribution in [2.75, 3.05) is 6.54 Å².